The first kappa shape index (κ1) is 18.4. The predicted molar refractivity (Wildman–Crippen MR) is 92.8 cm³/mol. The summed E-state index contributed by atoms with van der Waals surface area (Å²) in [6, 6.07) is 5.10. The Morgan fingerprint density at radius 2 is 2.04 bits per heavy atom. The van der Waals surface area contributed by atoms with E-state index in [4.69, 9.17) is 9.47 Å². The highest BCUT2D eigenvalue weighted by molar-refractivity contribution is 7.90. The van der Waals surface area contributed by atoms with Crippen molar-refractivity contribution >= 4 is 15.9 Å². The van der Waals surface area contributed by atoms with Crippen LogP contribution in [0.15, 0.2) is 23.1 Å². The monoisotopic (exact) mass is 367 g/mol. The zero-order valence-corrected chi connectivity index (χ0v) is 15.3. The van der Waals surface area contributed by atoms with Crippen LogP contribution in [0.1, 0.15) is 43.7 Å². The summed E-state index contributed by atoms with van der Waals surface area (Å²) in [5.41, 5.74) is 2.26. The normalized spacial score (nSPS) is 21.6. The van der Waals surface area contributed by atoms with Crippen LogP contribution in [0.5, 0.6) is 0 Å². The zero-order valence-electron chi connectivity index (χ0n) is 14.5. The van der Waals surface area contributed by atoms with Gasteiger partial charge in [-0.1, -0.05) is 6.07 Å². The number of hydrogen-bond donors (Lipinski definition) is 1. The number of rotatable bonds is 6. The van der Waals surface area contributed by atoms with Gasteiger partial charge in [0.1, 0.15) is 6.10 Å². The summed E-state index contributed by atoms with van der Waals surface area (Å²) in [7, 11) is -3.89. The van der Waals surface area contributed by atoms with Gasteiger partial charge in [0.2, 0.25) is 0 Å². The van der Waals surface area contributed by atoms with Crippen LogP contribution in [0.25, 0.3) is 0 Å². The van der Waals surface area contributed by atoms with Crippen LogP contribution in [0, 0.1) is 0 Å². The number of hydrogen-bond acceptors (Lipinski definition) is 5. The lowest BCUT2D eigenvalue weighted by molar-refractivity contribution is -0.131. The maximum atomic E-state index is 12.5. The molecule has 1 aromatic rings. The quantitative estimate of drug-likeness (QED) is 0.831. The molecule has 1 heterocycles. The summed E-state index contributed by atoms with van der Waals surface area (Å²) in [6.07, 6.45) is 5.10. The Bertz CT molecular complexity index is 725. The summed E-state index contributed by atoms with van der Waals surface area (Å²) in [5.74, 6) is -0.657. The number of nitrogens with one attached hydrogen (secondary N) is 1. The zero-order chi connectivity index (χ0) is 17.9. The fraction of sp³-hybridized carbons (Fsp3) is 0.611. The third-order valence-corrected chi connectivity index (χ3v) is 6.14. The molecule has 1 aromatic carbocycles. The summed E-state index contributed by atoms with van der Waals surface area (Å²) >= 11 is 0. The van der Waals surface area contributed by atoms with E-state index in [-0.39, 0.29) is 11.0 Å². The Labute approximate surface area is 148 Å². The lowest BCUT2D eigenvalue weighted by Gasteiger charge is -2.18. The van der Waals surface area contributed by atoms with Gasteiger partial charge in [0.05, 0.1) is 17.6 Å². The average molecular weight is 367 g/mol. The first-order valence-corrected chi connectivity index (χ1v) is 10.4. The van der Waals surface area contributed by atoms with E-state index >= 15 is 0 Å². The van der Waals surface area contributed by atoms with E-state index in [1.54, 1.807) is 19.1 Å². The van der Waals surface area contributed by atoms with E-state index in [0.717, 1.165) is 44.1 Å². The van der Waals surface area contributed by atoms with Gasteiger partial charge in [-0.2, -0.15) is 0 Å². The first-order chi connectivity index (χ1) is 12.0. The van der Waals surface area contributed by atoms with Gasteiger partial charge < -0.3 is 9.47 Å². The molecule has 0 saturated carbocycles. The molecule has 138 valence electrons. The van der Waals surface area contributed by atoms with Crippen LogP contribution in [-0.4, -0.2) is 39.7 Å². The Morgan fingerprint density at radius 3 is 2.76 bits per heavy atom. The van der Waals surface area contributed by atoms with Crippen LogP contribution in [0.2, 0.25) is 0 Å². The molecule has 0 aromatic heterocycles. The molecular weight excluding hydrogens is 342 g/mol. The average Bonchev–Trinajstić information content (AvgIpc) is 3.12. The lowest BCUT2D eigenvalue weighted by atomic mass is 9.92. The molecule has 1 amide bonds. The highest BCUT2D eigenvalue weighted by Crippen LogP contribution is 2.24. The van der Waals surface area contributed by atoms with Crippen molar-refractivity contribution in [1.82, 2.24) is 4.72 Å². The number of benzene rings is 1. The van der Waals surface area contributed by atoms with E-state index in [9.17, 15) is 13.2 Å². The number of fused-ring (bicyclic) bond motifs is 1. The van der Waals surface area contributed by atoms with Gasteiger partial charge in [-0.25, -0.2) is 13.1 Å². The summed E-state index contributed by atoms with van der Waals surface area (Å²) in [6.45, 7) is 2.56. The predicted octanol–water partition coefficient (Wildman–Crippen LogP) is 1.95. The third-order valence-electron chi connectivity index (χ3n) is 4.79. The van der Waals surface area contributed by atoms with Crippen LogP contribution in [0.4, 0.5) is 0 Å². The Hall–Kier alpha value is -1.44. The molecule has 7 heteroatoms. The van der Waals surface area contributed by atoms with Gasteiger partial charge in [-0.15, -0.1) is 0 Å². The summed E-state index contributed by atoms with van der Waals surface area (Å²) < 4.78 is 38.0. The van der Waals surface area contributed by atoms with Gasteiger partial charge in [-0.3, -0.25) is 4.79 Å². The van der Waals surface area contributed by atoms with Crippen molar-refractivity contribution in [3.63, 3.8) is 0 Å². The molecule has 1 saturated heterocycles. The standard InChI is InChI=1S/C18H25NO5S/c1-13(24-12-16-7-4-10-23-16)18(20)19-25(21,22)17-9-8-14-5-2-3-6-15(14)11-17/h8-9,11,13,16H,2-7,10,12H2,1H3,(H,19,20)/t13-,16+/m1/s1. The van der Waals surface area contributed by atoms with Gasteiger partial charge >= 0.3 is 0 Å². The van der Waals surface area contributed by atoms with Crippen molar-refractivity contribution in [2.45, 2.75) is 62.6 Å². The third kappa shape index (κ3) is 4.59. The minimum Gasteiger partial charge on any atom is -0.376 e. The van der Waals surface area contributed by atoms with E-state index in [1.165, 1.54) is 5.56 Å². The molecule has 2 aliphatic rings. The fourth-order valence-electron chi connectivity index (χ4n) is 3.25. The van der Waals surface area contributed by atoms with Crippen LogP contribution in [-0.2, 0) is 37.1 Å². The van der Waals surface area contributed by atoms with Gasteiger partial charge in [0.15, 0.2) is 0 Å². The number of carbonyl (C=O) groups excluding carboxylic acids is 1. The van der Waals surface area contributed by atoms with Crippen molar-refractivity contribution in [3.8, 4) is 0 Å². The van der Waals surface area contributed by atoms with E-state index in [1.807, 2.05) is 6.07 Å². The van der Waals surface area contributed by atoms with Crippen molar-refractivity contribution in [2.24, 2.45) is 0 Å². The second-order valence-electron chi connectivity index (χ2n) is 6.72. The summed E-state index contributed by atoms with van der Waals surface area (Å²) in [4.78, 5) is 12.3. The Balaban J connectivity index is 1.61. The van der Waals surface area contributed by atoms with Crippen molar-refractivity contribution in [2.75, 3.05) is 13.2 Å². The van der Waals surface area contributed by atoms with E-state index < -0.39 is 22.0 Å². The molecule has 1 aliphatic carbocycles. The van der Waals surface area contributed by atoms with E-state index in [2.05, 4.69) is 4.72 Å². The van der Waals surface area contributed by atoms with E-state index in [0.29, 0.717) is 13.2 Å². The second-order valence-corrected chi connectivity index (χ2v) is 8.40. The molecule has 25 heavy (non-hydrogen) atoms. The minimum absolute atomic E-state index is 0.00694. The maximum Gasteiger partial charge on any atom is 0.264 e. The number of amides is 1. The number of ether oxygens (including phenoxy) is 2. The van der Waals surface area contributed by atoms with Gasteiger partial charge in [0.25, 0.3) is 15.9 Å². The number of carbonyl (C=O) groups is 1. The second kappa shape index (κ2) is 7.85. The highest BCUT2D eigenvalue weighted by atomic mass is 32.2. The van der Waals surface area contributed by atoms with Crippen LogP contribution >= 0.6 is 0 Å². The lowest BCUT2D eigenvalue weighted by Crippen LogP contribution is -2.39. The van der Waals surface area contributed by atoms with Gasteiger partial charge in [0, 0.05) is 6.61 Å². The molecule has 3 rings (SSSR count). The molecule has 0 unspecified atom stereocenters. The molecule has 1 fully saturated rings. The Morgan fingerprint density at radius 1 is 1.28 bits per heavy atom. The first-order valence-electron chi connectivity index (χ1n) is 8.87. The fourth-order valence-corrected chi connectivity index (χ4v) is 4.35. The largest absolute Gasteiger partial charge is 0.376 e. The van der Waals surface area contributed by atoms with Crippen LogP contribution < -0.4 is 4.72 Å². The maximum absolute atomic E-state index is 12.5. The highest BCUT2D eigenvalue weighted by Gasteiger charge is 2.25. The van der Waals surface area contributed by atoms with Crippen molar-refractivity contribution in [1.29, 1.82) is 0 Å². The number of aryl methyl sites for hydroxylation is 2. The topological polar surface area (TPSA) is 81.7 Å². The molecule has 0 spiro atoms. The number of sulfonamides is 1. The molecule has 0 radical (unpaired) electrons. The van der Waals surface area contributed by atoms with Crippen molar-refractivity contribution < 1.29 is 22.7 Å². The van der Waals surface area contributed by atoms with Crippen LogP contribution in [0.3, 0.4) is 0 Å². The van der Waals surface area contributed by atoms with Gasteiger partial charge in [-0.05, 0) is 68.7 Å². The molecular formula is C18H25NO5S. The molecule has 1 aliphatic heterocycles. The molecule has 6 nitrogen and oxygen atoms in total. The minimum atomic E-state index is -3.89. The smallest absolute Gasteiger partial charge is 0.264 e. The Kier molecular flexibility index (Phi) is 5.76. The van der Waals surface area contributed by atoms with Crippen molar-refractivity contribution in [3.05, 3.63) is 29.3 Å². The summed E-state index contributed by atoms with van der Waals surface area (Å²) in [5, 5.41) is 0. The molecule has 1 N–H and O–H groups in total. The molecule has 0 bridgehead atoms. The SMILES string of the molecule is C[C@@H](OC[C@@H]1CCCO1)C(=O)NS(=O)(=O)c1ccc2c(c1)CCCC2. The molecule has 2 atom stereocenters.